The van der Waals surface area contributed by atoms with Gasteiger partial charge in [0, 0.05) is 22.2 Å². The number of nitro groups is 1. The van der Waals surface area contributed by atoms with Crippen molar-refractivity contribution in [2.24, 2.45) is 5.10 Å². The van der Waals surface area contributed by atoms with Crippen LogP contribution in [0.4, 0.5) is 5.69 Å². The lowest BCUT2D eigenvalue weighted by molar-refractivity contribution is -0.384. The molecule has 22 heavy (non-hydrogen) atoms. The van der Waals surface area contributed by atoms with Crippen molar-refractivity contribution < 1.29 is 9.72 Å². The molecule has 0 aromatic heterocycles. The van der Waals surface area contributed by atoms with Crippen LogP contribution in [0.1, 0.15) is 22.8 Å². The second-order valence-electron chi connectivity index (χ2n) is 4.45. The molecule has 0 saturated heterocycles. The van der Waals surface area contributed by atoms with Gasteiger partial charge in [-0.1, -0.05) is 15.9 Å². The van der Waals surface area contributed by atoms with Crippen molar-refractivity contribution in [3.63, 3.8) is 0 Å². The van der Waals surface area contributed by atoms with Gasteiger partial charge in [-0.05, 0) is 48.9 Å². The SMILES string of the molecule is C/C(=N\NC(=O)c1ccc(Br)cc1)c1ccc([N+](=O)[O-])cc1. The topological polar surface area (TPSA) is 84.6 Å². The standard InChI is InChI=1S/C15H12BrN3O3/c1-10(11-4-8-14(9-5-11)19(21)22)17-18-15(20)12-2-6-13(16)7-3-12/h2-9H,1H3,(H,18,20)/b17-10+. The minimum absolute atomic E-state index is 0.00967. The molecule has 2 aromatic rings. The Morgan fingerprint density at radius 2 is 1.64 bits per heavy atom. The van der Waals surface area contributed by atoms with Gasteiger partial charge in [-0.15, -0.1) is 0 Å². The lowest BCUT2D eigenvalue weighted by Crippen LogP contribution is -2.19. The molecule has 0 radical (unpaired) electrons. The van der Waals surface area contributed by atoms with Gasteiger partial charge in [-0.2, -0.15) is 5.10 Å². The molecule has 2 rings (SSSR count). The van der Waals surface area contributed by atoms with E-state index in [9.17, 15) is 14.9 Å². The molecule has 0 spiro atoms. The van der Waals surface area contributed by atoms with Gasteiger partial charge in [0.05, 0.1) is 10.6 Å². The van der Waals surface area contributed by atoms with E-state index in [0.717, 1.165) is 4.47 Å². The first-order chi connectivity index (χ1) is 10.5. The molecule has 1 amide bonds. The van der Waals surface area contributed by atoms with Crippen molar-refractivity contribution in [1.29, 1.82) is 0 Å². The largest absolute Gasteiger partial charge is 0.271 e. The average molecular weight is 362 g/mol. The molecule has 1 N–H and O–H groups in total. The van der Waals surface area contributed by atoms with Crippen LogP contribution in [0.15, 0.2) is 58.1 Å². The molecule has 0 aliphatic heterocycles. The van der Waals surface area contributed by atoms with Gasteiger partial charge in [0.25, 0.3) is 11.6 Å². The number of benzene rings is 2. The first-order valence-electron chi connectivity index (χ1n) is 6.32. The fourth-order valence-corrected chi connectivity index (χ4v) is 1.95. The molecule has 112 valence electrons. The monoisotopic (exact) mass is 361 g/mol. The molecule has 0 aliphatic rings. The van der Waals surface area contributed by atoms with E-state index in [1.54, 1.807) is 43.3 Å². The molecule has 0 saturated carbocycles. The zero-order valence-electron chi connectivity index (χ0n) is 11.6. The van der Waals surface area contributed by atoms with Gasteiger partial charge >= 0.3 is 0 Å². The van der Waals surface area contributed by atoms with Gasteiger partial charge in [0.15, 0.2) is 0 Å². The summed E-state index contributed by atoms with van der Waals surface area (Å²) in [6.07, 6.45) is 0. The maximum atomic E-state index is 11.9. The van der Waals surface area contributed by atoms with Crippen molar-refractivity contribution in [3.05, 3.63) is 74.2 Å². The zero-order valence-corrected chi connectivity index (χ0v) is 13.2. The minimum atomic E-state index is -0.467. The lowest BCUT2D eigenvalue weighted by atomic mass is 10.1. The van der Waals surface area contributed by atoms with Crippen molar-refractivity contribution in [1.82, 2.24) is 5.43 Å². The summed E-state index contributed by atoms with van der Waals surface area (Å²) in [7, 11) is 0. The molecule has 0 atom stereocenters. The molecule has 7 heteroatoms. The van der Waals surface area contributed by atoms with Crippen LogP contribution >= 0.6 is 15.9 Å². The summed E-state index contributed by atoms with van der Waals surface area (Å²) in [5.41, 5.74) is 4.20. The Morgan fingerprint density at radius 3 is 2.18 bits per heavy atom. The summed E-state index contributed by atoms with van der Waals surface area (Å²) >= 11 is 3.30. The number of amides is 1. The number of nitrogens with one attached hydrogen (secondary N) is 1. The third-order valence-electron chi connectivity index (χ3n) is 2.93. The first kappa shape index (κ1) is 15.8. The summed E-state index contributed by atoms with van der Waals surface area (Å²) in [6, 6.07) is 12.8. The quantitative estimate of drug-likeness (QED) is 0.513. The van der Waals surface area contributed by atoms with E-state index in [1.165, 1.54) is 12.1 Å². The van der Waals surface area contributed by atoms with Crippen LogP contribution in [0.5, 0.6) is 0 Å². The predicted molar refractivity (Wildman–Crippen MR) is 86.9 cm³/mol. The van der Waals surface area contributed by atoms with E-state index < -0.39 is 4.92 Å². The van der Waals surface area contributed by atoms with E-state index >= 15 is 0 Å². The van der Waals surface area contributed by atoms with Crippen molar-refractivity contribution in [3.8, 4) is 0 Å². The van der Waals surface area contributed by atoms with Gasteiger partial charge < -0.3 is 0 Å². The molecule has 0 heterocycles. The molecular weight excluding hydrogens is 350 g/mol. The molecule has 0 bridgehead atoms. The summed E-state index contributed by atoms with van der Waals surface area (Å²) in [5.74, 6) is -0.325. The number of non-ortho nitro benzene ring substituents is 1. The second kappa shape index (κ2) is 6.95. The van der Waals surface area contributed by atoms with E-state index in [0.29, 0.717) is 16.8 Å². The highest BCUT2D eigenvalue weighted by Gasteiger charge is 2.07. The highest BCUT2D eigenvalue weighted by molar-refractivity contribution is 9.10. The van der Waals surface area contributed by atoms with Gasteiger partial charge in [0.2, 0.25) is 0 Å². The highest BCUT2D eigenvalue weighted by Crippen LogP contribution is 2.13. The van der Waals surface area contributed by atoms with E-state index in [2.05, 4.69) is 26.5 Å². The highest BCUT2D eigenvalue weighted by atomic mass is 79.9. The molecular formula is C15H12BrN3O3. The third kappa shape index (κ3) is 3.98. The van der Waals surface area contributed by atoms with E-state index in [1.807, 2.05) is 0 Å². The Hall–Kier alpha value is -2.54. The average Bonchev–Trinajstić information content (AvgIpc) is 2.53. The maximum Gasteiger partial charge on any atom is 0.271 e. The van der Waals surface area contributed by atoms with E-state index in [-0.39, 0.29) is 11.6 Å². The molecule has 6 nitrogen and oxygen atoms in total. The number of hydrogen-bond donors (Lipinski definition) is 1. The van der Waals surface area contributed by atoms with E-state index in [4.69, 9.17) is 0 Å². The number of carbonyl (C=O) groups is 1. The number of halogens is 1. The number of carbonyl (C=O) groups excluding carboxylic acids is 1. The fraction of sp³-hybridized carbons (Fsp3) is 0.0667. The first-order valence-corrected chi connectivity index (χ1v) is 7.11. The predicted octanol–water partition coefficient (Wildman–Crippen LogP) is 3.51. The Labute approximate surface area is 135 Å². The van der Waals surface area contributed by atoms with Crippen molar-refractivity contribution in [2.75, 3.05) is 0 Å². The van der Waals surface area contributed by atoms with Crippen LogP contribution < -0.4 is 5.43 Å². The Balaban J connectivity index is 2.07. The van der Waals surface area contributed by atoms with Crippen LogP contribution in [0.3, 0.4) is 0 Å². The van der Waals surface area contributed by atoms with Crippen molar-refractivity contribution >= 4 is 33.2 Å². The number of nitrogens with zero attached hydrogens (tertiary/aromatic N) is 2. The minimum Gasteiger partial charge on any atom is -0.267 e. The smallest absolute Gasteiger partial charge is 0.267 e. The summed E-state index contributed by atoms with van der Waals surface area (Å²) < 4.78 is 0.884. The van der Waals surface area contributed by atoms with Crippen LogP contribution in [-0.4, -0.2) is 16.5 Å². The molecule has 0 aliphatic carbocycles. The zero-order chi connectivity index (χ0) is 16.1. The number of rotatable bonds is 4. The van der Waals surface area contributed by atoms with Crippen LogP contribution in [0.25, 0.3) is 0 Å². The van der Waals surface area contributed by atoms with Crippen LogP contribution in [0.2, 0.25) is 0 Å². The van der Waals surface area contributed by atoms with Crippen molar-refractivity contribution in [2.45, 2.75) is 6.92 Å². The van der Waals surface area contributed by atoms with Gasteiger partial charge in [0.1, 0.15) is 0 Å². The summed E-state index contributed by atoms with van der Waals surface area (Å²) in [4.78, 5) is 22.0. The second-order valence-corrected chi connectivity index (χ2v) is 5.36. The molecule has 0 fully saturated rings. The fourth-order valence-electron chi connectivity index (χ4n) is 1.69. The molecule has 0 unspecified atom stereocenters. The van der Waals surface area contributed by atoms with Crippen LogP contribution in [0, 0.1) is 10.1 Å². The summed E-state index contributed by atoms with van der Waals surface area (Å²) in [5, 5.41) is 14.6. The third-order valence-corrected chi connectivity index (χ3v) is 3.46. The number of hydrazone groups is 1. The summed E-state index contributed by atoms with van der Waals surface area (Å²) in [6.45, 7) is 1.71. The number of nitro benzene ring substituents is 1. The Bertz CT molecular complexity index is 725. The lowest BCUT2D eigenvalue weighted by Gasteiger charge is -2.03. The van der Waals surface area contributed by atoms with Gasteiger partial charge in [-0.25, -0.2) is 5.43 Å². The van der Waals surface area contributed by atoms with Gasteiger partial charge in [-0.3, -0.25) is 14.9 Å². The molecule has 2 aromatic carbocycles. The maximum absolute atomic E-state index is 11.9. The Kier molecular flexibility index (Phi) is 5.00. The Morgan fingerprint density at radius 1 is 1.09 bits per heavy atom. The number of hydrogen-bond acceptors (Lipinski definition) is 4. The van der Waals surface area contributed by atoms with Crippen LogP contribution in [-0.2, 0) is 0 Å². The normalized spacial score (nSPS) is 11.1.